The van der Waals surface area contributed by atoms with Gasteiger partial charge in [0.25, 0.3) is 11.7 Å². The van der Waals surface area contributed by atoms with Gasteiger partial charge in [-0.05, 0) is 48.2 Å². The van der Waals surface area contributed by atoms with E-state index in [9.17, 15) is 14.7 Å². The molecule has 0 bridgehead atoms. The van der Waals surface area contributed by atoms with Crippen molar-refractivity contribution in [2.45, 2.75) is 32.7 Å². The lowest BCUT2D eigenvalue weighted by atomic mass is 9.94. The highest BCUT2D eigenvalue weighted by Crippen LogP contribution is 2.42. The van der Waals surface area contributed by atoms with Crippen molar-refractivity contribution >= 4 is 39.1 Å². The fraction of sp³-hybridized carbons (Fsp3) is 0.185. The summed E-state index contributed by atoms with van der Waals surface area (Å²) in [6.45, 7) is 6.17. The maximum atomic E-state index is 13.2. The molecule has 4 rings (SSSR count). The zero-order valence-electron chi connectivity index (χ0n) is 18.2. The Bertz CT molecular complexity index is 1210. The topological polar surface area (TPSA) is 57.6 Å². The average Bonchev–Trinajstić information content (AvgIpc) is 3.04. The van der Waals surface area contributed by atoms with E-state index in [1.54, 1.807) is 24.3 Å². The maximum absolute atomic E-state index is 13.2. The third-order valence-corrected chi connectivity index (χ3v) is 6.29. The van der Waals surface area contributed by atoms with Gasteiger partial charge in [-0.3, -0.25) is 14.5 Å². The average molecular weight is 490 g/mol. The Morgan fingerprint density at radius 2 is 1.62 bits per heavy atom. The number of carbonyl (C=O) groups is 2. The van der Waals surface area contributed by atoms with Crippen LogP contribution in [0, 0.1) is 6.92 Å². The number of aliphatic hydroxyl groups is 1. The molecule has 1 saturated heterocycles. The molecule has 0 aliphatic carbocycles. The number of nitrogens with zero attached hydrogens (tertiary/aromatic N) is 1. The minimum atomic E-state index is -0.719. The molecule has 162 valence electrons. The lowest BCUT2D eigenvalue weighted by Crippen LogP contribution is -2.29. The number of rotatable bonds is 4. The highest BCUT2D eigenvalue weighted by Gasteiger charge is 2.46. The van der Waals surface area contributed by atoms with Crippen molar-refractivity contribution < 1.29 is 14.7 Å². The zero-order valence-corrected chi connectivity index (χ0v) is 19.8. The van der Waals surface area contributed by atoms with E-state index in [0.717, 1.165) is 21.2 Å². The van der Waals surface area contributed by atoms with Crippen molar-refractivity contribution in [1.82, 2.24) is 0 Å². The number of aryl methyl sites for hydroxylation is 1. The van der Waals surface area contributed by atoms with Gasteiger partial charge in [-0.1, -0.05) is 83.9 Å². The van der Waals surface area contributed by atoms with Crippen LogP contribution in [0.1, 0.15) is 48.1 Å². The molecule has 5 heteroatoms. The van der Waals surface area contributed by atoms with Gasteiger partial charge in [-0.2, -0.15) is 0 Å². The molecule has 1 N–H and O–H groups in total. The number of hydrogen-bond donors (Lipinski definition) is 1. The Morgan fingerprint density at radius 1 is 0.969 bits per heavy atom. The number of amides is 1. The minimum absolute atomic E-state index is 0.0934. The Balaban J connectivity index is 1.91. The van der Waals surface area contributed by atoms with E-state index in [2.05, 4.69) is 29.8 Å². The first-order valence-corrected chi connectivity index (χ1v) is 11.3. The quantitative estimate of drug-likeness (QED) is 0.258. The maximum Gasteiger partial charge on any atom is 0.300 e. The highest BCUT2D eigenvalue weighted by molar-refractivity contribution is 9.10. The molecule has 1 aliphatic rings. The first-order valence-electron chi connectivity index (χ1n) is 10.5. The molecular weight excluding hydrogens is 466 g/mol. The van der Waals surface area contributed by atoms with Gasteiger partial charge in [0, 0.05) is 15.7 Å². The van der Waals surface area contributed by atoms with E-state index in [-0.39, 0.29) is 11.3 Å². The molecule has 3 aromatic carbocycles. The van der Waals surface area contributed by atoms with E-state index in [1.165, 1.54) is 4.90 Å². The Kier molecular flexibility index (Phi) is 6.02. The summed E-state index contributed by atoms with van der Waals surface area (Å²) in [7, 11) is 0. The van der Waals surface area contributed by atoms with E-state index >= 15 is 0 Å². The van der Waals surface area contributed by atoms with Gasteiger partial charge in [0.2, 0.25) is 0 Å². The summed E-state index contributed by atoms with van der Waals surface area (Å²) in [5.41, 5.74) is 4.13. The van der Waals surface area contributed by atoms with E-state index < -0.39 is 17.7 Å². The Hall–Kier alpha value is -3.18. The number of hydrogen-bond acceptors (Lipinski definition) is 3. The molecule has 0 aromatic heterocycles. The fourth-order valence-electron chi connectivity index (χ4n) is 4.04. The van der Waals surface area contributed by atoms with Gasteiger partial charge >= 0.3 is 0 Å². The van der Waals surface area contributed by atoms with Crippen LogP contribution in [-0.4, -0.2) is 16.8 Å². The molecule has 1 amide bonds. The van der Waals surface area contributed by atoms with Gasteiger partial charge in [-0.25, -0.2) is 0 Å². The van der Waals surface area contributed by atoms with Crippen LogP contribution in [-0.2, 0) is 9.59 Å². The third kappa shape index (κ3) is 4.00. The number of halogens is 1. The molecule has 4 nitrogen and oxygen atoms in total. The van der Waals surface area contributed by atoms with Crippen molar-refractivity contribution in [2.75, 3.05) is 4.90 Å². The molecule has 1 heterocycles. The molecule has 1 aliphatic heterocycles. The lowest BCUT2D eigenvalue weighted by molar-refractivity contribution is -0.132. The van der Waals surface area contributed by atoms with Gasteiger partial charge in [0.15, 0.2) is 0 Å². The van der Waals surface area contributed by atoms with Gasteiger partial charge in [-0.15, -0.1) is 0 Å². The standard InChI is InChI=1S/C27H24BrNO3/c1-16(2)18-9-13-22(14-10-18)29-24(20-6-4-5-17(3)15-20)23(26(31)27(29)32)25(30)19-7-11-21(28)12-8-19/h4-16,24,30H,1-3H3/b25-23-. The van der Waals surface area contributed by atoms with Crippen LogP contribution in [0.2, 0.25) is 0 Å². The van der Waals surface area contributed by atoms with Crippen molar-refractivity contribution in [3.05, 3.63) is 105 Å². The predicted molar refractivity (Wildman–Crippen MR) is 131 cm³/mol. The van der Waals surface area contributed by atoms with Crippen LogP contribution in [0.15, 0.2) is 82.8 Å². The van der Waals surface area contributed by atoms with Crippen molar-refractivity contribution in [2.24, 2.45) is 0 Å². The molecule has 1 fully saturated rings. The van der Waals surface area contributed by atoms with Gasteiger partial charge in [0.05, 0.1) is 11.6 Å². The molecule has 32 heavy (non-hydrogen) atoms. The fourth-order valence-corrected chi connectivity index (χ4v) is 4.30. The highest BCUT2D eigenvalue weighted by atomic mass is 79.9. The number of aliphatic hydroxyl groups excluding tert-OH is 1. The number of anilines is 1. The van der Waals surface area contributed by atoms with Crippen LogP contribution < -0.4 is 4.90 Å². The second-order valence-electron chi connectivity index (χ2n) is 8.34. The molecule has 0 spiro atoms. The minimum Gasteiger partial charge on any atom is -0.507 e. The molecular formula is C27H24BrNO3. The normalized spacial score (nSPS) is 17.9. The van der Waals surface area contributed by atoms with Crippen LogP contribution >= 0.6 is 15.9 Å². The van der Waals surface area contributed by atoms with Crippen molar-refractivity contribution in [3.63, 3.8) is 0 Å². The van der Waals surface area contributed by atoms with Gasteiger partial charge < -0.3 is 5.11 Å². The molecule has 0 radical (unpaired) electrons. The van der Waals surface area contributed by atoms with Crippen LogP contribution in [0.25, 0.3) is 5.76 Å². The van der Waals surface area contributed by atoms with E-state index in [0.29, 0.717) is 17.2 Å². The summed E-state index contributed by atoms with van der Waals surface area (Å²) < 4.78 is 0.856. The summed E-state index contributed by atoms with van der Waals surface area (Å²) >= 11 is 3.39. The molecule has 3 aromatic rings. The van der Waals surface area contributed by atoms with Crippen molar-refractivity contribution in [1.29, 1.82) is 0 Å². The Morgan fingerprint density at radius 3 is 2.22 bits per heavy atom. The number of benzene rings is 3. The lowest BCUT2D eigenvalue weighted by Gasteiger charge is -2.26. The largest absolute Gasteiger partial charge is 0.507 e. The second-order valence-corrected chi connectivity index (χ2v) is 9.25. The van der Waals surface area contributed by atoms with Crippen LogP contribution in [0.4, 0.5) is 5.69 Å². The van der Waals surface area contributed by atoms with E-state index in [4.69, 9.17) is 0 Å². The summed E-state index contributed by atoms with van der Waals surface area (Å²) in [5, 5.41) is 11.1. The van der Waals surface area contributed by atoms with Crippen LogP contribution in [0.3, 0.4) is 0 Å². The first-order chi connectivity index (χ1) is 15.3. The summed E-state index contributed by atoms with van der Waals surface area (Å²) in [6.07, 6.45) is 0. The number of ketones is 1. The summed E-state index contributed by atoms with van der Waals surface area (Å²) in [5.74, 6) is -1.16. The molecule has 0 saturated carbocycles. The van der Waals surface area contributed by atoms with Gasteiger partial charge in [0.1, 0.15) is 5.76 Å². The zero-order chi connectivity index (χ0) is 23.0. The predicted octanol–water partition coefficient (Wildman–Crippen LogP) is 6.51. The molecule has 1 atom stereocenters. The second kappa shape index (κ2) is 8.75. The third-order valence-electron chi connectivity index (χ3n) is 5.76. The first kappa shape index (κ1) is 22.0. The summed E-state index contributed by atoms with van der Waals surface area (Å²) in [6, 6.07) is 21.7. The van der Waals surface area contributed by atoms with Crippen LogP contribution in [0.5, 0.6) is 0 Å². The Labute approximate surface area is 196 Å². The summed E-state index contributed by atoms with van der Waals surface area (Å²) in [4.78, 5) is 27.9. The SMILES string of the molecule is Cc1cccc(C2/C(=C(/O)c3ccc(Br)cc3)C(=O)C(=O)N2c2ccc(C(C)C)cc2)c1. The molecule has 1 unspecified atom stereocenters. The van der Waals surface area contributed by atoms with Crippen molar-refractivity contribution in [3.8, 4) is 0 Å². The monoisotopic (exact) mass is 489 g/mol. The van der Waals surface area contributed by atoms with E-state index in [1.807, 2.05) is 55.5 Å². The number of Topliss-reactive ketones (excluding diaryl/α,β-unsaturated/α-hetero) is 1. The number of carbonyl (C=O) groups excluding carboxylic acids is 2. The smallest absolute Gasteiger partial charge is 0.300 e.